The van der Waals surface area contributed by atoms with Crippen molar-refractivity contribution in [2.45, 2.75) is 116 Å². The van der Waals surface area contributed by atoms with Crippen molar-refractivity contribution >= 4 is 5.91 Å². The molecule has 0 spiro atoms. The summed E-state index contributed by atoms with van der Waals surface area (Å²) in [4.78, 5) is 15.1. The Morgan fingerprint density at radius 2 is 1.41 bits per heavy atom. The lowest BCUT2D eigenvalue weighted by Crippen LogP contribution is -2.46. The topological polar surface area (TPSA) is 71.0 Å². The molecule has 1 aliphatic rings. The van der Waals surface area contributed by atoms with Crippen LogP contribution in [0.5, 0.6) is 11.5 Å². The van der Waals surface area contributed by atoms with E-state index >= 15 is 0 Å². The molecule has 6 nitrogen and oxygen atoms in total. The third kappa shape index (κ3) is 12.9. The zero-order valence-corrected chi connectivity index (χ0v) is 25.6. The Bertz CT molecular complexity index is 983. The molecule has 0 aromatic heterocycles. The SMILES string of the molecule is CCCCCCCCCCCCCCCC(=O)N[C@H](CN(C)Cc1ccccc1)[C@@H](O)c1ccc2c(c1)OCCO2. The van der Waals surface area contributed by atoms with Crippen molar-refractivity contribution in [3.8, 4) is 11.5 Å². The average Bonchev–Trinajstić information content (AvgIpc) is 2.99. The molecule has 0 aliphatic carbocycles. The number of aliphatic hydroxyl groups is 1. The van der Waals surface area contributed by atoms with Crippen LogP contribution < -0.4 is 14.8 Å². The molecular weight excluding hydrogens is 512 g/mol. The van der Waals surface area contributed by atoms with Crippen LogP contribution in [-0.4, -0.2) is 48.8 Å². The van der Waals surface area contributed by atoms with E-state index in [1.54, 1.807) is 0 Å². The molecule has 2 atom stereocenters. The summed E-state index contributed by atoms with van der Waals surface area (Å²) in [7, 11) is 2.02. The van der Waals surface area contributed by atoms with E-state index in [9.17, 15) is 9.90 Å². The molecule has 0 unspecified atom stereocenters. The minimum absolute atomic E-state index is 0.00257. The number of likely N-dealkylation sites (N-methyl/N-ethyl adjacent to an activating group) is 1. The molecule has 0 saturated carbocycles. The van der Waals surface area contributed by atoms with Gasteiger partial charge in [-0.05, 0) is 36.7 Å². The fourth-order valence-electron chi connectivity index (χ4n) is 5.58. The van der Waals surface area contributed by atoms with E-state index in [0.29, 0.717) is 43.2 Å². The number of nitrogens with zero attached hydrogens (tertiary/aromatic N) is 1. The summed E-state index contributed by atoms with van der Waals surface area (Å²) in [5.41, 5.74) is 1.91. The van der Waals surface area contributed by atoms with Crippen molar-refractivity contribution in [1.29, 1.82) is 0 Å². The highest BCUT2D eigenvalue weighted by atomic mass is 16.6. The van der Waals surface area contributed by atoms with E-state index in [0.717, 1.165) is 19.4 Å². The van der Waals surface area contributed by atoms with E-state index in [1.165, 1.54) is 76.2 Å². The van der Waals surface area contributed by atoms with Gasteiger partial charge in [0.15, 0.2) is 11.5 Å². The Morgan fingerprint density at radius 3 is 2.05 bits per heavy atom. The number of hydrogen-bond donors (Lipinski definition) is 2. The molecule has 0 bridgehead atoms. The van der Waals surface area contributed by atoms with Gasteiger partial charge in [-0.3, -0.25) is 9.69 Å². The maximum Gasteiger partial charge on any atom is 0.220 e. The van der Waals surface area contributed by atoms with Gasteiger partial charge < -0.3 is 19.9 Å². The number of nitrogens with one attached hydrogen (secondary N) is 1. The predicted molar refractivity (Wildman–Crippen MR) is 167 cm³/mol. The number of hydrogen-bond acceptors (Lipinski definition) is 5. The molecule has 228 valence electrons. The van der Waals surface area contributed by atoms with Crippen LogP contribution in [0.1, 0.15) is 114 Å². The second-order valence-electron chi connectivity index (χ2n) is 11.7. The number of benzene rings is 2. The van der Waals surface area contributed by atoms with Crippen LogP contribution in [0.25, 0.3) is 0 Å². The summed E-state index contributed by atoms with van der Waals surface area (Å²) in [6.45, 7) is 4.54. The normalized spacial score (nSPS) is 14.1. The summed E-state index contributed by atoms with van der Waals surface area (Å²) in [5.74, 6) is 1.33. The lowest BCUT2D eigenvalue weighted by molar-refractivity contribution is -0.123. The maximum absolute atomic E-state index is 13.0. The van der Waals surface area contributed by atoms with Crippen molar-refractivity contribution in [3.63, 3.8) is 0 Å². The minimum Gasteiger partial charge on any atom is -0.486 e. The first-order chi connectivity index (χ1) is 20.1. The van der Waals surface area contributed by atoms with Gasteiger partial charge in [-0.15, -0.1) is 0 Å². The Labute approximate surface area is 248 Å². The fraction of sp³-hybridized carbons (Fsp3) is 0.629. The number of carbonyl (C=O) groups excluding carboxylic acids is 1. The summed E-state index contributed by atoms with van der Waals surface area (Å²) < 4.78 is 11.4. The Kier molecular flexibility index (Phi) is 15.7. The second kappa shape index (κ2) is 19.5. The van der Waals surface area contributed by atoms with Crippen LogP contribution >= 0.6 is 0 Å². The largest absolute Gasteiger partial charge is 0.486 e. The minimum atomic E-state index is -0.861. The standard InChI is InChI=1S/C35H54N2O4/c1-3-4-5-6-7-8-9-10-11-12-13-14-18-21-34(38)36-31(28-37(2)27-29-19-16-15-17-20-29)35(39)30-22-23-32-33(26-30)41-25-24-40-32/h15-17,19-20,22-23,26,31,35,39H,3-14,18,21,24-25,27-28H2,1-2H3,(H,36,38)/t31-,35+/m1/s1. The highest BCUT2D eigenvalue weighted by molar-refractivity contribution is 5.76. The molecule has 2 aromatic carbocycles. The first kappa shape index (κ1) is 32.9. The predicted octanol–water partition coefficient (Wildman–Crippen LogP) is 7.59. The van der Waals surface area contributed by atoms with Crippen LogP contribution in [-0.2, 0) is 11.3 Å². The Hall–Kier alpha value is -2.57. The quantitative estimate of drug-likeness (QED) is 0.152. The molecule has 0 saturated heterocycles. The number of fused-ring (bicyclic) bond motifs is 1. The van der Waals surface area contributed by atoms with Crippen LogP contribution in [0.4, 0.5) is 0 Å². The number of amides is 1. The summed E-state index contributed by atoms with van der Waals surface area (Å²) in [6, 6.07) is 15.3. The Balaban J connectivity index is 1.42. The van der Waals surface area contributed by atoms with Crippen molar-refractivity contribution in [3.05, 3.63) is 59.7 Å². The summed E-state index contributed by atoms with van der Waals surface area (Å²) >= 11 is 0. The van der Waals surface area contributed by atoms with E-state index in [1.807, 2.05) is 43.4 Å². The number of carbonyl (C=O) groups is 1. The molecule has 3 rings (SSSR count). The molecule has 41 heavy (non-hydrogen) atoms. The van der Waals surface area contributed by atoms with Gasteiger partial charge in [-0.1, -0.05) is 120 Å². The van der Waals surface area contributed by atoms with Gasteiger partial charge in [0.05, 0.1) is 6.04 Å². The third-order valence-corrected chi connectivity index (χ3v) is 7.95. The van der Waals surface area contributed by atoms with Crippen LogP contribution in [0, 0.1) is 0 Å². The summed E-state index contributed by atoms with van der Waals surface area (Å²) in [5, 5.41) is 14.5. The number of unbranched alkanes of at least 4 members (excludes halogenated alkanes) is 12. The second-order valence-corrected chi connectivity index (χ2v) is 11.7. The number of rotatable bonds is 21. The zero-order valence-electron chi connectivity index (χ0n) is 25.6. The fourth-order valence-corrected chi connectivity index (χ4v) is 5.58. The molecule has 2 aromatic rings. The van der Waals surface area contributed by atoms with Gasteiger partial charge in [0.2, 0.25) is 5.91 Å². The average molecular weight is 567 g/mol. The van der Waals surface area contributed by atoms with Crippen LogP contribution in [0.2, 0.25) is 0 Å². The van der Waals surface area contributed by atoms with E-state index < -0.39 is 12.1 Å². The molecule has 1 amide bonds. The first-order valence-corrected chi connectivity index (χ1v) is 16.2. The van der Waals surface area contributed by atoms with Gasteiger partial charge >= 0.3 is 0 Å². The number of ether oxygens (including phenoxy) is 2. The summed E-state index contributed by atoms with van der Waals surface area (Å²) in [6.07, 6.45) is 16.3. The molecule has 2 N–H and O–H groups in total. The van der Waals surface area contributed by atoms with Gasteiger partial charge in [-0.25, -0.2) is 0 Å². The molecule has 0 radical (unpaired) electrons. The first-order valence-electron chi connectivity index (χ1n) is 16.2. The van der Waals surface area contributed by atoms with Gasteiger partial charge in [-0.2, -0.15) is 0 Å². The van der Waals surface area contributed by atoms with E-state index in [4.69, 9.17) is 9.47 Å². The van der Waals surface area contributed by atoms with Crippen LogP contribution in [0.15, 0.2) is 48.5 Å². The van der Waals surface area contributed by atoms with Gasteiger partial charge in [0.25, 0.3) is 0 Å². The van der Waals surface area contributed by atoms with E-state index in [2.05, 4.69) is 29.3 Å². The lowest BCUT2D eigenvalue weighted by Gasteiger charge is -2.30. The smallest absolute Gasteiger partial charge is 0.220 e. The third-order valence-electron chi connectivity index (χ3n) is 7.95. The molecule has 0 fully saturated rings. The molecule has 1 aliphatic heterocycles. The van der Waals surface area contributed by atoms with Crippen molar-refractivity contribution in [1.82, 2.24) is 10.2 Å². The van der Waals surface area contributed by atoms with E-state index in [-0.39, 0.29) is 5.91 Å². The van der Waals surface area contributed by atoms with Crippen molar-refractivity contribution < 1.29 is 19.4 Å². The van der Waals surface area contributed by atoms with Crippen LogP contribution in [0.3, 0.4) is 0 Å². The molecular formula is C35H54N2O4. The highest BCUT2D eigenvalue weighted by Gasteiger charge is 2.26. The number of aliphatic hydroxyl groups excluding tert-OH is 1. The van der Waals surface area contributed by atoms with Gasteiger partial charge in [0, 0.05) is 19.5 Å². The zero-order chi connectivity index (χ0) is 29.1. The molecule has 1 heterocycles. The lowest BCUT2D eigenvalue weighted by atomic mass is 10.00. The monoisotopic (exact) mass is 566 g/mol. The van der Waals surface area contributed by atoms with Gasteiger partial charge in [0.1, 0.15) is 19.3 Å². The highest BCUT2D eigenvalue weighted by Crippen LogP contribution is 2.33. The van der Waals surface area contributed by atoms with Crippen molar-refractivity contribution in [2.24, 2.45) is 0 Å². The Morgan fingerprint density at radius 1 is 0.829 bits per heavy atom. The molecule has 6 heteroatoms. The maximum atomic E-state index is 13.0. The van der Waals surface area contributed by atoms with Crippen molar-refractivity contribution in [2.75, 3.05) is 26.8 Å².